The summed E-state index contributed by atoms with van der Waals surface area (Å²) in [6.07, 6.45) is 8.35. The second-order valence-corrected chi connectivity index (χ2v) is 19.6. The fraction of sp³-hybridized carbons (Fsp3) is 0.588. The summed E-state index contributed by atoms with van der Waals surface area (Å²) in [5.41, 5.74) is 2.85. The maximum atomic E-state index is 14.1. The minimum Gasteiger partial charge on any atom is -0.495 e. The number of nitrogens with zero attached hydrogens (tertiary/aromatic N) is 2. The molecule has 0 aliphatic heterocycles. The molecule has 0 aromatic heterocycles. The molecule has 0 unspecified atom stereocenters. The van der Waals surface area contributed by atoms with Crippen LogP contribution in [0.25, 0.3) is 0 Å². The maximum Gasteiger partial charge on any atom is 0.230 e. The lowest BCUT2D eigenvalue weighted by atomic mass is 9.78. The number of hydrogen-bond donors (Lipinski definition) is 0. The third kappa shape index (κ3) is 7.94. The molecule has 4 rings (SSSR count). The summed E-state index contributed by atoms with van der Waals surface area (Å²) >= 11 is 2.35. The van der Waals surface area contributed by atoms with Crippen LogP contribution >= 0.6 is 22.6 Å². The van der Waals surface area contributed by atoms with Gasteiger partial charge in [-0.3, -0.25) is 4.79 Å². The van der Waals surface area contributed by atoms with Gasteiger partial charge < -0.3 is 14.1 Å². The Morgan fingerprint density at radius 1 is 1.02 bits per heavy atom. The summed E-state index contributed by atoms with van der Waals surface area (Å²) in [6, 6.07) is 16.7. The number of amides is 1. The molecule has 2 saturated carbocycles. The first-order valence-corrected chi connectivity index (χ1v) is 19.2. The monoisotopic (exact) mass is 686 g/mol. The van der Waals surface area contributed by atoms with Crippen LogP contribution in [0.2, 0.25) is 18.1 Å². The lowest BCUT2D eigenvalue weighted by molar-refractivity contribution is -0.124. The highest BCUT2D eigenvalue weighted by Crippen LogP contribution is 2.41. The van der Waals surface area contributed by atoms with Crippen molar-refractivity contribution in [2.45, 2.75) is 102 Å². The van der Waals surface area contributed by atoms with Crippen LogP contribution in [0, 0.1) is 26.7 Å². The molecule has 2 aliphatic carbocycles. The number of carbonyl (C=O) groups is 1. The summed E-state index contributed by atoms with van der Waals surface area (Å²) in [7, 11) is -0.203. The van der Waals surface area contributed by atoms with Crippen LogP contribution in [-0.2, 0) is 9.22 Å². The second kappa shape index (κ2) is 13.6. The number of benzene rings is 2. The van der Waals surface area contributed by atoms with Gasteiger partial charge in [-0.25, -0.2) is 0 Å². The number of carbonyl (C=O) groups excluding carboxylic acids is 1. The minimum absolute atomic E-state index is 0.0622. The third-order valence-corrected chi connectivity index (χ3v) is 15.0. The molecule has 0 heterocycles. The molecule has 0 spiro atoms. The molecule has 2 aromatic carbocycles. The number of hydrogen-bond acceptors (Lipinski definition) is 4. The normalized spacial score (nSPS) is 23.5. The molecule has 2 aromatic rings. The number of ether oxygens (including phenoxy) is 1. The van der Waals surface area contributed by atoms with E-state index < -0.39 is 8.32 Å². The third-order valence-electron chi connectivity index (χ3n) is 9.78. The molecule has 0 atom stereocenters. The first kappa shape index (κ1) is 32.0. The van der Waals surface area contributed by atoms with Crippen molar-refractivity contribution in [2.24, 2.45) is 11.8 Å². The molecular weight excluding hydrogens is 639 g/mol. The predicted octanol–water partition coefficient (Wildman–Crippen LogP) is 9.06. The number of methoxy groups -OCH3 is 1. The molecule has 7 heteroatoms. The summed E-state index contributed by atoms with van der Waals surface area (Å²) < 4.78 is 13.2. The van der Waals surface area contributed by atoms with Crippen LogP contribution in [0.15, 0.2) is 42.5 Å². The van der Waals surface area contributed by atoms with E-state index >= 15 is 0 Å². The average molecular weight is 687 g/mol. The summed E-state index contributed by atoms with van der Waals surface area (Å²) in [5, 5.41) is 9.72. The summed E-state index contributed by atoms with van der Waals surface area (Å²) in [4.78, 5) is 16.2. The average Bonchev–Trinajstić information content (AvgIpc) is 2.95. The smallest absolute Gasteiger partial charge is 0.230 e. The van der Waals surface area contributed by atoms with E-state index in [1.165, 1.54) is 5.56 Å². The van der Waals surface area contributed by atoms with Crippen molar-refractivity contribution in [3.05, 3.63) is 57.2 Å². The first-order valence-electron chi connectivity index (χ1n) is 15.2. The maximum absolute atomic E-state index is 14.1. The topological polar surface area (TPSA) is 62.6 Å². The van der Waals surface area contributed by atoms with E-state index in [1.54, 1.807) is 7.11 Å². The predicted molar refractivity (Wildman–Crippen MR) is 178 cm³/mol. The van der Waals surface area contributed by atoms with Crippen LogP contribution in [0.3, 0.4) is 0 Å². The van der Waals surface area contributed by atoms with Crippen LogP contribution in [0.4, 0.5) is 5.69 Å². The van der Waals surface area contributed by atoms with Crippen LogP contribution in [0.1, 0.15) is 89.2 Å². The summed E-state index contributed by atoms with van der Waals surface area (Å²) in [5.74, 6) is 1.90. The van der Waals surface area contributed by atoms with Crippen molar-refractivity contribution in [3.63, 3.8) is 0 Å². The lowest BCUT2D eigenvalue weighted by Gasteiger charge is -2.41. The molecule has 2 aliphatic rings. The Bertz CT molecular complexity index is 1240. The Hall–Kier alpha value is -1.89. The van der Waals surface area contributed by atoms with E-state index in [4.69, 9.17) is 9.16 Å². The minimum atomic E-state index is -1.81. The van der Waals surface area contributed by atoms with Crippen molar-refractivity contribution in [3.8, 4) is 11.8 Å². The van der Waals surface area contributed by atoms with E-state index in [2.05, 4.69) is 97.8 Å². The van der Waals surface area contributed by atoms with Crippen molar-refractivity contribution in [1.82, 2.24) is 0 Å². The van der Waals surface area contributed by atoms with E-state index in [-0.39, 0.29) is 23.0 Å². The van der Waals surface area contributed by atoms with Gasteiger partial charge >= 0.3 is 0 Å². The van der Waals surface area contributed by atoms with Gasteiger partial charge in [-0.05, 0) is 140 Å². The zero-order chi connectivity index (χ0) is 29.8. The fourth-order valence-electron chi connectivity index (χ4n) is 6.21. The molecule has 0 saturated heterocycles. The zero-order valence-electron chi connectivity index (χ0n) is 25.7. The van der Waals surface area contributed by atoms with Crippen molar-refractivity contribution in [2.75, 3.05) is 18.6 Å². The fourth-order valence-corrected chi connectivity index (χ4v) is 8.16. The molecule has 5 nitrogen and oxygen atoms in total. The molecule has 2 fully saturated rings. The summed E-state index contributed by atoms with van der Waals surface area (Å²) in [6.45, 7) is 12.3. The van der Waals surface area contributed by atoms with Gasteiger partial charge in [-0.15, -0.1) is 0 Å². The Kier molecular flexibility index (Phi) is 10.6. The van der Waals surface area contributed by atoms with Gasteiger partial charge in [0.05, 0.1) is 12.7 Å². The van der Waals surface area contributed by atoms with Crippen molar-refractivity contribution < 1.29 is 14.0 Å². The number of nitriles is 1. The van der Waals surface area contributed by atoms with Gasteiger partial charge in [0, 0.05) is 27.8 Å². The van der Waals surface area contributed by atoms with Gasteiger partial charge in [-0.2, -0.15) is 5.26 Å². The van der Waals surface area contributed by atoms with Crippen LogP contribution < -0.4 is 9.64 Å². The van der Waals surface area contributed by atoms with E-state index in [0.29, 0.717) is 23.1 Å². The molecule has 0 bridgehead atoms. The van der Waals surface area contributed by atoms with Gasteiger partial charge in [0.2, 0.25) is 5.91 Å². The SMILES string of the molecule is COc1ccc([C@H]2CC[C@H](CN(C(=O)C3CCC(O[Si](C)(C)C(C)(C)C)CC3)c3cccc(I)c3)CC2)cc1C#N. The van der Waals surface area contributed by atoms with E-state index in [0.717, 1.165) is 67.2 Å². The lowest BCUT2D eigenvalue weighted by Crippen LogP contribution is -2.46. The Morgan fingerprint density at radius 3 is 2.29 bits per heavy atom. The molecule has 0 radical (unpaired) electrons. The Labute approximate surface area is 262 Å². The highest BCUT2D eigenvalue weighted by atomic mass is 127. The highest BCUT2D eigenvalue weighted by Gasteiger charge is 2.41. The zero-order valence-corrected chi connectivity index (χ0v) is 28.9. The van der Waals surface area contributed by atoms with Gasteiger partial charge in [0.25, 0.3) is 0 Å². The highest BCUT2D eigenvalue weighted by molar-refractivity contribution is 14.1. The standard InChI is InChI=1S/C34H47IN2O3Si/c1-34(2,3)41(5,6)40-31-17-14-26(15-18-31)33(38)37(30-9-7-8-29(35)21-30)23-24-10-12-25(13-11-24)27-16-19-32(39-4)28(20-27)22-36/h7-9,16,19-21,24-26,31H,10-15,17-18,23H2,1-6H3/t24-,25-,26?,31?. The molecule has 222 valence electrons. The van der Waals surface area contributed by atoms with Crippen LogP contribution in [-0.4, -0.2) is 34.0 Å². The number of anilines is 1. The van der Waals surface area contributed by atoms with Gasteiger partial charge in [-0.1, -0.05) is 32.9 Å². The van der Waals surface area contributed by atoms with E-state index in [1.807, 2.05) is 12.1 Å². The Balaban J connectivity index is 1.41. The van der Waals surface area contributed by atoms with Crippen LogP contribution in [0.5, 0.6) is 5.75 Å². The van der Waals surface area contributed by atoms with E-state index in [9.17, 15) is 10.1 Å². The molecule has 41 heavy (non-hydrogen) atoms. The first-order chi connectivity index (χ1) is 19.4. The molecule has 1 amide bonds. The number of halogens is 1. The second-order valence-electron chi connectivity index (χ2n) is 13.6. The van der Waals surface area contributed by atoms with Crippen molar-refractivity contribution >= 4 is 42.5 Å². The Morgan fingerprint density at radius 2 is 1.71 bits per heavy atom. The molecule has 0 N–H and O–H groups in total. The largest absolute Gasteiger partial charge is 0.495 e. The molecular formula is C34H47IN2O3Si. The van der Waals surface area contributed by atoms with Gasteiger partial charge in [0.1, 0.15) is 11.8 Å². The van der Waals surface area contributed by atoms with Crippen molar-refractivity contribution in [1.29, 1.82) is 5.26 Å². The van der Waals surface area contributed by atoms with Gasteiger partial charge in [0.15, 0.2) is 8.32 Å². The quantitative estimate of drug-likeness (QED) is 0.205. The number of rotatable bonds is 8.